The molecule has 1 N–H and O–H groups in total. The van der Waals surface area contributed by atoms with Gasteiger partial charge in [0.1, 0.15) is 11.5 Å². The molecule has 1 aromatic rings. The van der Waals surface area contributed by atoms with E-state index >= 15 is 0 Å². The van der Waals surface area contributed by atoms with Gasteiger partial charge >= 0.3 is 0 Å². The average Bonchev–Trinajstić information content (AvgIpc) is 2.93. The summed E-state index contributed by atoms with van der Waals surface area (Å²) in [6, 6.07) is 3.86. The largest absolute Gasteiger partial charge is 0.466 e. The van der Waals surface area contributed by atoms with Crippen LogP contribution in [0.15, 0.2) is 16.5 Å². The van der Waals surface area contributed by atoms with E-state index in [1.807, 2.05) is 26.0 Å². The normalized spacial score (nSPS) is 28.8. The van der Waals surface area contributed by atoms with Crippen molar-refractivity contribution in [3.05, 3.63) is 23.7 Å². The average molecular weight is 340 g/mol. The summed E-state index contributed by atoms with van der Waals surface area (Å²) in [4.78, 5) is 14.0. The molecule has 2 aliphatic heterocycles. The number of furan rings is 1. The molecule has 134 valence electrons. The van der Waals surface area contributed by atoms with Crippen LogP contribution >= 0.6 is 0 Å². The lowest BCUT2D eigenvalue weighted by Crippen LogP contribution is -2.60. The van der Waals surface area contributed by atoms with E-state index in [9.17, 15) is 13.6 Å². The van der Waals surface area contributed by atoms with E-state index < -0.39 is 11.3 Å². The summed E-state index contributed by atoms with van der Waals surface area (Å²) in [5, 5.41) is 2.78. The van der Waals surface area contributed by atoms with Crippen molar-refractivity contribution in [1.82, 2.24) is 10.2 Å². The molecule has 1 spiro atoms. The second kappa shape index (κ2) is 6.47. The summed E-state index contributed by atoms with van der Waals surface area (Å²) in [6.07, 6.45) is 1.74. The SMILES string of the molecule is Cc1ccc([C@H](C)CCN2CC(F)(F)C[C@]3(CCCNC3=O)C2)o1. The summed E-state index contributed by atoms with van der Waals surface area (Å²) >= 11 is 0. The predicted octanol–water partition coefficient (Wildman–Crippen LogP) is 3.32. The van der Waals surface area contributed by atoms with Crippen LogP contribution in [0.25, 0.3) is 0 Å². The third kappa shape index (κ3) is 3.63. The number of halogens is 2. The predicted molar refractivity (Wildman–Crippen MR) is 87.2 cm³/mol. The second-order valence-electron chi connectivity index (χ2n) is 7.52. The number of carbonyl (C=O) groups excluding carboxylic acids is 1. The maximum Gasteiger partial charge on any atom is 0.261 e. The Morgan fingerprint density at radius 1 is 1.38 bits per heavy atom. The van der Waals surface area contributed by atoms with Gasteiger partial charge in [-0.05, 0) is 44.9 Å². The van der Waals surface area contributed by atoms with Crippen molar-refractivity contribution in [2.45, 2.75) is 51.4 Å². The molecule has 1 aromatic heterocycles. The molecule has 2 aliphatic rings. The zero-order valence-corrected chi connectivity index (χ0v) is 14.4. The highest BCUT2D eigenvalue weighted by Gasteiger charge is 2.53. The molecule has 6 heteroatoms. The lowest BCUT2D eigenvalue weighted by atomic mass is 9.72. The first-order chi connectivity index (χ1) is 11.3. The minimum Gasteiger partial charge on any atom is -0.466 e. The van der Waals surface area contributed by atoms with E-state index in [1.54, 1.807) is 4.90 Å². The minimum absolute atomic E-state index is 0.172. The molecule has 0 saturated carbocycles. The summed E-state index contributed by atoms with van der Waals surface area (Å²) in [7, 11) is 0. The van der Waals surface area contributed by atoms with Crippen LogP contribution in [0.3, 0.4) is 0 Å². The zero-order valence-electron chi connectivity index (χ0n) is 14.4. The van der Waals surface area contributed by atoms with E-state index in [2.05, 4.69) is 5.32 Å². The number of nitrogens with zero attached hydrogens (tertiary/aromatic N) is 1. The number of alkyl halides is 2. The summed E-state index contributed by atoms with van der Waals surface area (Å²) in [5.74, 6) is -1.09. The van der Waals surface area contributed by atoms with Crippen molar-refractivity contribution in [2.24, 2.45) is 5.41 Å². The van der Waals surface area contributed by atoms with Crippen LogP contribution in [-0.4, -0.2) is 42.9 Å². The monoisotopic (exact) mass is 340 g/mol. The number of nitrogens with one attached hydrogen (secondary N) is 1. The number of hydrogen-bond acceptors (Lipinski definition) is 3. The van der Waals surface area contributed by atoms with Gasteiger partial charge in [-0.25, -0.2) is 8.78 Å². The molecule has 3 rings (SSSR count). The van der Waals surface area contributed by atoms with Gasteiger partial charge in [-0.2, -0.15) is 0 Å². The molecule has 0 bridgehead atoms. The number of likely N-dealkylation sites (tertiary alicyclic amines) is 1. The number of hydrogen-bond donors (Lipinski definition) is 1. The van der Waals surface area contributed by atoms with Gasteiger partial charge in [0.15, 0.2) is 0 Å². The van der Waals surface area contributed by atoms with Crippen LogP contribution < -0.4 is 5.32 Å². The molecule has 0 aromatic carbocycles. The van der Waals surface area contributed by atoms with Gasteiger partial charge in [0, 0.05) is 25.4 Å². The van der Waals surface area contributed by atoms with Crippen LogP contribution in [0.1, 0.15) is 50.0 Å². The first-order valence-corrected chi connectivity index (χ1v) is 8.75. The van der Waals surface area contributed by atoms with Crippen LogP contribution in [-0.2, 0) is 4.79 Å². The Labute approximate surface area is 141 Å². The summed E-state index contributed by atoms with van der Waals surface area (Å²) in [6.45, 7) is 5.26. The van der Waals surface area contributed by atoms with E-state index in [4.69, 9.17) is 4.42 Å². The molecule has 0 radical (unpaired) electrons. The van der Waals surface area contributed by atoms with Gasteiger partial charge in [0.05, 0.1) is 12.0 Å². The fourth-order valence-electron chi connectivity index (χ4n) is 4.06. The fraction of sp³-hybridized carbons (Fsp3) is 0.722. The number of piperidine rings is 2. The highest BCUT2D eigenvalue weighted by Crippen LogP contribution is 2.43. The van der Waals surface area contributed by atoms with Crippen molar-refractivity contribution < 1.29 is 18.0 Å². The van der Waals surface area contributed by atoms with Gasteiger partial charge < -0.3 is 9.73 Å². The molecular weight excluding hydrogens is 314 g/mol. The van der Waals surface area contributed by atoms with E-state index in [0.29, 0.717) is 26.1 Å². The highest BCUT2D eigenvalue weighted by molar-refractivity contribution is 5.83. The number of rotatable bonds is 4. The molecule has 4 nitrogen and oxygen atoms in total. The first kappa shape index (κ1) is 17.4. The molecule has 24 heavy (non-hydrogen) atoms. The summed E-state index contributed by atoms with van der Waals surface area (Å²) < 4.78 is 34.2. The maximum atomic E-state index is 14.3. The van der Waals surface area contributed by atoms with E-state index in [-0.39, 0.29) is 24.8 Å². The number of carbonyl (C=O) groups is 1. The van der Waals surface area contributed by atoms with Gasteiger partial charge in [-0.1, -0.05) is 6.92 Å². The van der Waals surface area contributed by atoms with Gasteiger partial charge in [-0.15, -0.1) is 0 Å². The van der Waals surface area contributed by atoms with E-state index in [1.165, 1.54) is 0 Å². The topological polar surface area (TPSA) is 45.5 Å². The first-order valence-electron chi connectivity index (χ1n) is 8.75. The standard InChI is InChI=1S/C18H26F2N2O2/c1-13(15-5-4-14(2)24-15)6-9-22-11-17(10-18(19,20)12-22)7-3-8-21-16(17)23/h4-5,13H,3,6-12H2,1-2H3,(H,21,23)/t13-,17-/m1/s1. The Bertz CT molecular complexity index is 602. The lowest BCUT2D eigenvalue weighted by molar-refractivity contribution is -0.157. The van der Waals surface area contributed by atoms with Crippen LogP contribution in [0.2, 0.25) is 0 Å². The van der Waals surface area contributed by atoms with Crippen LogP contribution in [0.4, 0.5) is 8.78 Å². The van der Waals surface area contributed by atoms with Gasteiger partial charge in [0.25, 0.3) is 5.92 Å². The number of amides is 1. The molecular formula is C18H26F2N2O2. The minimum atomic E-state index is -2.81. The third-order valence-electron chi connectivity index (χ3n) is 5.30. The Kier molecular flexibility index (Phi) is 4.69. The fourth-order valence-corrected chi connectivity index (χ4v) is 4.06. The van der Waals surface area contributed by atoms with Crippen molar-refractivity contribution in [2.75, 3.05) is 26.2 Å². The summed E-state index contributed by atoms with van der Waals surface area (Å²) in [5.41, 5.74) is -0.926. The van der Waals surface area contributed by atoms with Crippen molar-refractivity contribution in [1.29, 1.82) is 0 Å². The Hall–Kier alpha value is -1.43. The zero-order chi connectivity index (χ0) is 17.4. The third-order valence-corrected chi connectivity index (χ3v) is 5.30. The van der Waals surface area contributed by atoms with Crippen molar-refractivity contribution in [3.63, 3.8) is 0 Å². The lowest BCUT2D eigenvalue weighted by Gasteiger charge is -2.47. The maximum absolute atomic E-state index is 14.3. The van der Waals surface area contributed by atoms with Gasteiger partial charge in [-0.3, -0.25) is 9.69 Å². The quantitative estimate of drug-likeness (QED) is 0.914. The molecule has 2 saturated heterocycles. The Balaban J connectivity index is 1.65. The highest BCUT2D eigenvalue weighted by atomic mass is 19.3. The Morgan fingerprint density at radius 2 is 2.17 bits per heavy atom. The van der Waals surface area contributed by atoms with Crippen molar-refractivity contribution >= 4 is 5.91 Å². The second-order valence-corrected chi connectivity index (χ2v) is 7.52. The molecule has 2 fully saturated rings. The molecule has 3 heterocycles. The van der Waals surface area contributed by atoms with E-state index in [0.717, 1.165) is 24.4 Å². The van der Waals surface area contributed by atoms with Crippen molar-refractivity contribution in [3.8, 4) is 0 Å². The molecule has 2 atom stereocenters. The molecule has 0 aliphatic carbocycles. The van der Waals surface area contributed by atoms with Crippen LogP contribution in [0, 0.1) is 12.3 Å². The van der Waals surface area contributed by atoms with Gasteiger partial charge in [0.2, 0.25) is 5.91 Å². The molecule has 0 unspecified atom stereocenters. The number of aryl methyl sites for hydroxylation is 1. The Morgan fingerprint density at radius 3 is 2.83 bits per heavy atom. The smallest absolute Gasteiger partial charge is 0.261 e. The molecule has 1 amide bonds. The van der Waals surface area contributed by atoms with Crippen LogP contribution in [0.5, 0.6) is 0 Å².